The summed E-state index contributed by atoms with van der Waals surface area (Å²) in [7, 11) is 3.70. The molecule has 0 radical (unpaired) electrons. The Labute approximate surface area is 152 Å². The molecule has 2 aromatic rings. The lowest BCUT2D eigenvalue weighted by Gasteiger charge is -2.38. The number of anilines is 2. The molecule has 1 unspecified atom stereocenters. The van der Waals surface area contributed by atoms with E-state index in [-0.39, 0.29) is 0 Å². The summed E-state index contributed by atoms with van der Waals surface area (Å²) >= 11 is 1.58. The van der Waals surface area contributed by atoms with E-state index < -0.39 is 0 Å². The zero-order valence-corrected chi connectivity index (χ0v) is 16.0. The predicted molar refractivity (Wildman–Crippen MR) is 101 cm³/mol. The van der Waals surface area contributed by atoms with Crippen molar-refractivity contribution < 1.29 is 4.74 Å². The summed E-state index contributed by atoms with van der Waals surface area (Å²) in [5.41, 5.74) is 1.00. The number of thioether (sulfide) groups is 1. The zero-order chi connectivity index (χ0) is 17.8. The second-order valence-electron chi connectivity index (χ2n) is 6.13. The Balaban J connectivity index is 1.77. The summed E-state index contributed by atoms with van der Waals surface area (Å²) < 4.78 is 5.21. The molecule has 0 aromatic carbocycles. The van der Waals surface area contributed by atoms with E-state index in [4.69, 9.17) is 4.74 Å². The van der Waals surface area contributed by atoms with Crippen molar-refractivity contribution in [2.24, 2.45) is 0 Å². The summed E-state index contributed by atoms with van der Waals surface area (Å²) in [5, 5.41) is 0.825. The van der Waals surface area contributed by atoms with Gasteiger partial charge in [0.1, 0.15) is 18.0 Å². The first-order valence-electron chi connectivity index (χ1n) is 8.34. The number of methoxy groups -OCH3 is 1. The average molecular weight is 360 g/mol. The average Bonchev–Trinajstić information content (AvgIpc) is 2.67. The highest BCUT2D eigenvalue weighted by Crippen LogP contribution is 2.25. The van der Waals surface area contributed by atoms with Gasteiger partial charge in [0.2, 0.25) is 5.88 Å². The van der Waals surface area contributed by atoms with Crippen LogP contribution in [0.4, 0.5) is 11.6 Å². The number of likely N-dealkylation sites (N-methyl/N-ethyl adjacent to an activating group) is 1. The molecule has 0 amide bonds. The van der Waals surface area contributed by atoms with Crippen LogP contribution in [0, 0.1) is 6.92 Å². The second kappa shape index (κ2) is 7.86. The normalized spacial score (nSPS) is 17.4. The third kappa shape index (κ3) is 4.12. The number of ether oxygens (including phenoxy) is 1. The Morgan fingerprint density at radius 3 is 2.88 bits per heavy atom. The molecule has 0 spiro atoms. The summed E-state index contributed by atoms with van der Waals surface area (Å²) in [4.78, 5) is 22.2. The lowest BCUT2D eigenvalue weighted by Crippen LogP contribution is -2.47. The smallest absolute Gasteiger partial charge is 0.218 e. The Bertz CT molecular complexity index is 728. The van der Waals surface area contributed by atoms with Crippen LogP contribution >= 0.6 is 11.8 Å². The number of aromatic nitrogens is 4. The molecule has 1 fully saturated rings. The number of hydrogen-bond donors (Lipinski definition) is 0. The minimum absolute atomic E-state index is 0.362. The maximum atomic E-state index is 5.21. The van der Waals surface area contributed by atoms with Gasteiger partial charge in [0.05, 0.1) is 7.11 Å². The standard InChI is InChI=1S/C17H24N6OS/c1-12-8-15(21-17(20-12)25-4)23-7-5-6-13(10-23)22(2)14-9-16(24-3)19-11-18-14/h8-9,11,13H,5-7,10H2,1-4H3. The zero-order valence-electron chi connectivity index (χ0n) is 15.1. The minimum Gasteiger partial charge on any atom is -0.481 e. The Morgan fingerprint density at radius 2 is 2.12 bits per heavy atom. The van der Waals surface area contributed by atoms with Gasteiger partial charge >= 0.3 is 0 Å². The van der Waals surface area contributed by atoms with E-state index in [0.717, 1.165) is 48.4 Å². The van der Waals surface area contributed by atoms with E-state index in [2.05, 4.69) is 42.8 Å². The molecule has 1 saturated heterocycles. The molecule has 2 aromatic heterocycles. The SMILES string of the molecule is COc1cc(N(C)C2CCCN(c3cc(C)nc(SC)n3)C2)ncn1. The van der Waals surface area contributed by atoms with Crippen LogP contribution in [0.2, 0.25) is 0 Å². The van der Waals surface area contributed by atoms with Crippen LogP contribution in [0.5, 0.6) is 5.88 Å². The molecular weight excluding hydrogens is 336 g/mol. The van der Waals surface area contributed by atoms with Crippen molar-refractivity contribution >= 4 is 23.4 Å². The molecule has 0 aliphatic carbocycles. The van der Waals surface area contributed by atoms with Gasteiger partial charge in [0.15, 0.2) is 5.16 Å². The Morgan fingerprint density at radius 1 is 1.28 bits per heavy atom. The number of rotatable bonds is 5. The highest BCUT2D eigenvalue weighted by atomic mass is 32.2. The lowest BCUT2D eigenvalue weighted by molar-refractivity contribution is 0.396. The third-order valence-corrected chi connectivity index (χ3v) is 5.02. The molecule has 1 aliphatic heterocycles. The fraction of sp³-hybridized carbons (Fsp3) is 0.529. The van der Waals surface area contributed by atoms with Gasteiger partial charge in [-0.25, -0.2) is 19.9 Å². The molecule has 8 heteroatoms. The first kappa shape index (κ1) is 17.7. The third-order valence-electron chi connectivity index (χ3n) is 4.47. The molecule has 0 bridgehead atoms. The van der Waals surface area contributed by atoms with Gasteiger partial charge in [-0.15, -0.1) is 0 Å². The molecule has 25 heavy (non-hydrogen) atoms. The van der Waals surface area contributed by atoms with E-state index in [1.165, 1.54) is 0 Å². The van der Waals surface area contributed by atoms with Crippen molar-refractivity contribution in [1.29, 1.82) is 0 Å². The highest BCUT2D eigenvalue weighted by molar-refractivity contribution is 7.98. The number of piperidine rings is 1. The first-order chi connectivity index (χ1) is 12.1. The second-order valence-corrected chi connectivity index (χ2v) is 6.90. The number of aryl methyl sites for hydroxylation is 1. The number of nitrogens with zero attached hydrogens (tertiary/aromatic N) is 6. The van der Waals surface area contributed by atoms with E-state index >= 15 is 0 Å². The minimum atomic E-state index is 0.362. The maximum Gasteiger partial charge on any atom is 0.218 e. The van der Waals surface area contributed by atoms with Gasteiger partial charge in [-0.1, -0.05) is 11.8 Å². The van der Waals surface area contributed by atoms with E-state index in [9.17, 15) is 0 Å². The molecule has 0 saturated carbocycles. The van der Waals surface area contributed by atoms with E-state index in [0.29, 0.717) is 11.9 Å². The van der Waals surface area contributed by atoms with Crippen LogP contribution in [-0.2, 0) is 0 Å². The topological polar surface area (TPSA) is 67.3 Å². The molecule has 1 atom stereocenters. The summed E-state index contributed by atoms with van der Waals surface area (Å²) in [6.45, 7) is 3.94. The Kier molecular flexibility index (Phi) is 5.57. The van der Waals surface area contributed by atoms with Crippen molar-refractivity contribution in [2.45, 2.75) is 31.0 Å². The molecule has 1 aliphatic rings. The van der Waals surface area contributed by atoms with Gasteiger partial charge in [-0.2, -0.15) is 0 Å². The first-order valence-corrected chi connectivity index (χ1v) is 9.56. The van der Waals surface area contributed by atoms with Crippen LogP contribution in [0.25, 0.3) is 0 Å². The summed E-state index contributed by atoms with van der Waals surface area (Å²) in [6, 6.07) is 4.30. The monoisotopic (exact) mass is 360 g/mol. The van der Waals surface area contributed by atoms with E-state index in [1.54, 1.807) is 25.2 Å². The van der Waals surface area contributed by atoms with Crippen molar-refractivity contribution in [3.63, 3.8) is 0 Å². The van der Waals surface area contributed by atoms with Crippen LogP contribution in [0.1, 0.15) is 18.5 Å². The molecule has 7 nitrogen and oxygen atoms in total. The molecule has 0 N–H and O–H groups in total. The van der Waals surface area contributed by atoms with Crippen LogP contribution in [0.3, 0.4) is 0 Å². The molecule has 3 rings (SSSR count). The molecular formula is C17H24N6OS. The highest BCUT2D eigenvalue weighted by Gasteiger charge is 2.25. The van der Waals surface area contributed by atoms with Crippen LogP contribution < -0.4 is 14.5 Å². The van der Waals surface area contributed by atoms with Crippen molar-refractivity contribution in [1.82, 2.24) is 19.9 Å². The van der Waals surface area contributed by atoms with Crippen LogP contribution in [0.15, 0.2) is 23.6 Å². The lowest BCUT2D eigenvalue weighted by atomic mass is 10.0. The van der Waals surface area contributed by atoms with Crippen molar-refractivity contribution in [3.8, 4) is 5.88 Å². The van der Waals surface area contributed by atoms with Crippen LogP contribution in [-0.4, -0.2) is 59.5 Å². The van der Waals surface area contributed by atoms with Crippen molar-refractivity contribution in [2.75, 3.05) is 43.3 Å². The van der Waals surface area contributed by atoms with E-state index in [1.807, 2.05) is 19.2 Å². The summed E-state index contributed by atoms with van der Waals surface area (Å²) in [6.07, 6.45) is 5.80. The largest absolute Gasteiger partial charge is 0.481 e. The van der Waals surface area contributed by atoms with Gasteiger partial charge in [-0.05, 0) is 26.0 Å². The van der Waals surface area contributed by atoms with Gasteiger partial charge < -0.3 is 14.5 Å². The van der Waals surface area contributed by atoms with Crippen molar-refractivity contribution in [3.05, 3.63) is 24.2 Å². The van der Waals surface area contributed by atoms with Gasteiger partial charge in [-0.3, -0.25) is 0 Å². The fourth-order valence-corrected chi connectivity index (χ4v) is 3.50. The molecule has 3 heterocycles. The molecule has 134 valence electrons. The quantitative estimate of drug-likeness (QED) is 0.595. The maximum absolute atomic E-state index is 5.21. The van der Waals surface area contributed by atoms with Gasteiger partial charge in [0, 0.05) is 44.0 Å². The number of hydrogen-bond acceptors (Lipinski definition) is 8. The summed E-state index contributed by atoms with van der Waals surface area (Å²) in [5.74, 6) is 2.47. The predicted octanol–water partition coefficient (Wildman–Crippen LogP) is 2.41. The van der Waals surface area contributed by atoms with Gasteiger partial charge in [0.25, 0.3) is 0 Å². The Hall–Kier alpha value is -2.09. The fourth-order valence-electron chi connectivity index (χ4n) is 3.08.